The Morgan fingerprint density at radius 3 is 2.78 bits per heavy atom. The van der Waals surface area contributed by atoms with Crippen LogP contribution >= 0.6 is 0 Å². The number of nitrogens with one attached hydrogen (secondary N) is 2. The van der Waals surface area contributed by atoms with Crippen LogP contribution in [0.5, 0.6) is 0 Å². The normalized spacial score (nSPS) is 17.6. The average Bonchev–Trinajstić information content (AvgIpc) is 2.39. The van der Waals surface area contributed by atoms with Gasteiger partial charge in [0.2, 0.25) is 0 Å². The van der Waals surface area contributed by atoms with Crippen molar-refractivity contribution in [1.82, 2.24) is 14.8 Å². The SMILES string of the molecule is NNc1ccncc1S(=O)(=O)NN1CCOCC1. The molecule has 8 nitrogen and oxygen atoms in total. The molecule has 1 aromatic rings. The van der Waals surface area contributed by atoms with Gasteiger partial charge in [-0.2, -0.15) is 0 Å². The highest BCUT2D eigenvalue weighted by Gasteiger charge is 2.22. The molecule has 2 rings (SSSR count). The summed E-state index contributed by atoms with van der Waals surface area (Å²) >= 11 is 0. The molecular weight excluding hydrogens is 258 g/mol. The lowest BCUT2D eigenvalue weighted by Crippen LogP contribution is -2.48. The number of hydrazine groups is 2. The van der Waals surface area contributed by atoms with Crippen LogP contribution in [-0.4, -0.2) is 44.7 Å². The van der Waals surface area contributed by atoms with Gasteiger partial charge in [-0.3, -0.25) is 10.8 Å². The van der Waals surface area contributed by atoms with Gasteiger partial charge in [-0.15, -0.1) is 4.83 Å². The first kappa shape index (κ1) is 13.2. The molecule has 4 N–H and O–H groups in total. The number of ether oxygens (including phenoxy) is 1. The lowest BCUT2D eigenvalue weighted by molar-refractivity contribution is 0.0272. The molecule has 0 radical (unpaired) electrons. The fourth-order valence-corrected chi connectivity index (χ4v) is 2.82. The van der Waals surface area contributed by atoms with E-state index in [0.29, 0.717) is 32.0 Å². The average molecular weight is 273 g/mol. The minimum Gasteiger partial charge on any atom is -0.379 e. The molecule has 0 unspecified atom stereocenters. The van der Waals surface area contributed by atoms with Gasteiger partial charge in [0.15, 0.2) is 0 Å². The number of pyridine rings is 1. The number of nitrogens with two attached hydrogens (primary N) is 1. The van der Waals surface area contributed by atoms with E-state index in [1.54, 1.807) is 5.01 Å². The minimum absolute atomic E-state index is 0.0130. The number of hydrogen-bond acceptors (Lipinski definition) is 7. The van der Waals surface area contributed by atoms with Crippen molar-refractivity contribution in [3.8, 4) is 0 Å². The van der Waals surface area contributed by atoms with Crippen LogP contribution < -0.4 is 16.1 Å². The summed E-state index contributed by atoms with van der Waals surface area (Å²) in [6.45, 7) is 2.00. The molecule has 0 aliphatic carbocycles. The van der Waals surface area contributed by atoms with Gasteiger partial charge >= 0.3 is 0 Å². The molecule has 18 heavy (non-hydrogen) atoms. The number of anilines is 1. The Morgan fingerprint density at radius 1 is 1.39 bits per heavy atom. The van der Waals surface area contributed by atoms with Crippen LogP contribution in [0.15, 0.2) is 23.4 Å². The fourth-order valence-electron chi connectivity index (χ4n) is 1.59. The van der Waals surface area contributed by atoms with Gasteiger partial charge in [-0.25, -0.2) is 13.4 Å². The fraction of sp³-hybridized carbons (Fsp3) is 0.444. The van der Waals surface area contributed by atoms with Gasteiger partial charge in [-0.1, -0.05) is 0 Å². The Kier molecular flexibility index (Phi) is 4.09. The lowest BCUT2D eigenvalue weighted by Gasteiger charge is -2.26. The van der Waals surface area contributed by atoms with Crippen molar-refractivity contribution in [2.75, 3.05) is 31.7 Å². The second kappa shape index (κ2) is 5.59. The summed E-state index contributed by atoms with van der Waals surface area (Å²) in [6, 6.07) is 1.49. The molecule has 1 saturated heterocycles. The molecule has 0 aromatic carbocycles. The smallest absolute Gasteiger partial charge is 0.257 e. The van der Waals surface area contributed by atoms with E-state index >= 15 is 0 Å². The van der Waals surface area contributed by atoms with E-state index in [9.17, 15) is 8.42 Å². The summed E-state index contributed by atoms with van der Waals surface area (Å²) in [5, 5.41) is 1.59. The summed E-state index contributed by atoms with van der Waals surface area (Å²) in [7, 11) is -3.69. The van der Waals surface area contributed by atoms with Crippen molar-refractivity contribution in [3.63, 3.8) is 0 Å². The molecular formula is C9H15N5O3S. The van der Waals surface area contributed by atoms with Crippen LogP contribution in [-0.2, 0) is 14.8 Å². The number of sulfonamides is 1. The third kappa shape index (κ3) is 2.94. The Morgan fingerprint density at radius 2 is 2.11 bits per heavy atom. The van der Waals surface area contributed by atoms with E-state index in [1.807, 2.05) is 0 Å². The summed E-state index contributed by atoms with van der Waals surface area (Å²) in [5.74, 6) is 5.28. The van der Waals surface area contributed by atoms with Crippen molar-refractivity contribution < 1.29 is 13.2 Å². The van der Waals surface area contributed by atoms with Crippen LogP contribution in [0.3, 0.4) is 0 Å². The van der Waals surface area contributed by atoms with Crippen LogP contribution in [0, 0.1) is 0 Å². The monoisotopic (exact) mass is 273 g/mol. The van der Waals surface area contributed by atoms with Crippen molar-refractivity contribution in [3.05, 3.63) is 18.5 Å². The number of aromatic nitrogens is 1. The van der Waals surface area contributed by atoms with Crippen LogP contribution in [0.2, 0.25) is 0 Å². The Bertz CT molecular complexity index is 501. The molecule has 0 saturated carbocycles. The third-order valence-electron chi connectivity index (χ3n) is 2.49. The Hall–Kier alpha value is -1.26. The molecule has 0 spiro atoms. The topological polar surface area (TPSA) is 110 Å². The number of rotatable bonds is 4. The highest BCUT2D eigenvalue weighted by molar-refractivity contribution is 7.89. The van der Waals surface area contributed by atoms with E-state index < -0.39 is 10.0 Å². The summed E-state index contributed by atoms with van der Waals surface area (Å²) in [5.41, 5.74) is 2.63. The minimum atomic E-state index is -3.69. The first-order valence-corrected chi connectivity index (χ1v) is 6.87. The highest BCUT2D eigenvalue weighted by atomic mass is 32.2. The van der Waals surface area contributed by atoms with Gasteiger partial charge in [0.25, 0.3) is 10.0 Å². The van der Waals surface area contributed by atoms with Crippen LogP contribution in [0.4, 0.5) is 5.69 Å². The molecule has 2 heterocycles. The quantitative estimate of drug-likeness (QED) is 0.471. The zero-order valence-electron chi connectivity index (χ0n) is 9.67. The zero-order valence-corrected chi connectivity index (χ0v) is 10.5. The van der Waals surface area contributed by atoms with Crippen molar-refractivity contribution in [2.24, 2.45) is 5.84 Å². The van der Waals surface area contributed by atoms with E-state index in [1.165, 1.54) is 18.5 Å². The molecule has 1 aliphatic heterocycles. The number of hydrogen-bond donors (Lipinski definition) is 3. The first-order valence-electron chi connectivity index (χ1n) is 5.39. The lowest BCUT2D eigenvalue weighted by atomic mass is 10.4. The standard InChI is InChI=1S/C9H15N5O3S/c10-12-8-1-2-11-7-9(8)18(15,16)13-14-3-5-17-6-4-14/h1-2,7,13H,3-6,10H2,(H,11,12). The largest absolute Gasteiger partial charge is 0.379 e. The number of nitrogen functional groups attached to an aromatic ring is 1. The maximum absolute atomic E-state index is 12.2. The maximum Gasteiger partial charge on any atom is 0.257 e. The molecule has 0 bridgehead atoms. The summed E-state index contributed by atoms with van der Waals surface area (Å²) in [6.07, 6.45) is 2.71. The maximum atomic E-state index is 12.2. The summed E-state index contributed by atoms with van der Waals surface area (Å²) in [4.78, 5) is 6.28. The van der Waals surface area contributed by atoms with Gasteiger partial charge in [0, 0.05) is 25.5 Å². The zero-order chi connectivity index (χ0) is 13.0. The second-order valence-corrected chi connectivity index (χ2v) is 5.34. The Labute approximate surface area is 105 Å². The van der Waals surface area contributed by atoms with E-state index in [2.05, 4.69) is 15.2 Å². The predicted octanol–water partition coefficient (Wildman–Crippen LogP) is -1.11. The van der Waals surface area contributed by atoms with Crippen LogP contribution in [0.1, 0.15) is 0 Å². The number of morpholine rings is 1. The Balaban J connectivity index is 2.19. The van der Waals surface area contributed by atoms with Gasteiger partial charge in [0.1, 0.15) is 4.90 Å². The summed E-state index contributed by atoms with van der Waals surface area (Å²) < 4.78 is 29.4. The first-order chi connectivity index (χ1) is 8.63. The molecule has 1 aromatic heterocycles. The van der Waals surface area contributed by atoms with Crippen molar-refractivity contribution in [2.45, 2.75) is 4.90 Å². The van der Waals surface area contributed by atoms with Gasteiger partial charge < -0.3 is 10.2 Å². The number of nitrogens with zero attached hydrogens (tertiary/aromatic N) is 2. The van der Waals surface area contributed by atoms with Crippen molar-refractivity contribution in [1.29, 1.82) is 0 Å². The van der Waals surface area contributed by atoms with Gasteiger partial charge in [0.05, 0.1) is 18.9 Å². The molecule has 100 valence electrons. The van der Waals surface area contributed by atoms with E-state index in [0.717, 1.165) is 0 Å². The second-order valence-electron chi connectivity index (χ2n) is 3.71. The van der Waals surface area contributed by atoms with Crippen LogP contribution in [0.25, 0.3) is 0 Å². The molecule has 1 aliphatic rings. The molecule has 0 amide bonds. The third-order valence-corrected chi connectivity index (χ3v) is 3.89. The highest BCUT2D eigenvalue weighted by Crippen LogP contribution is 2.18. The molecule has 9 heteroatoms. The van der Waals surface area contributed by atoms with E-state index in [4.69, 9.17) is 10.6 Å². The molecule has 1 fully saturated rings. The predicted molar refractivity (Wildman–Crippen MR) is 64.8 cm³/mol. The van der Waals surface area contributed by atoms with E-state index in [-0.39, 0.29) is 4.90 Å². The molecule has 0 atom stereocenters. The van der Waals surface area contributed by atoms with Crippen molar-refractivity contribution >= 4 is 15.7 Å². The van der Waals surface area contributed by atoms with Gasteiger partial charge in [-0.05, 0) is 6.07 Å².